The predicted molar refractivity (Wildman–Crippen MR) is 88.5 cm³/mol. The van der Waals surface area contributed by atoms with E-state index >= 15 is 0 Å². The van der Waals surface area contributed by atoms with E-state index in [4.69, 9.17) is 0 Å². The molecule has 1 fully saturated rings. The molecule has 116 valence electrons. The molecule has 1 aromatic rings. The van der Waals surface area contributed by atoms with Gasteiger partial charge in [-0.15, -0.1) is 0 Å². The van der Waals surface area contributed by atoms with Crippen molar-refractivity contribution in [1.82, 2.24) is 5.32 Å². The highest BCUT2D eigenvalue weighted by Crippen LogP contribution is 2.36. The first-order valence-electron chi connectivity index (χ1n) is 8.11. The zero-order chi connectivity index (χ0) is 15.3. The molecule has 1 amide bonds. The van der Waals surface area contributed by atoms with Gasteiger partial charge >= 0.3 is 0 Å². The predicted octanol–water partition coefficient (Wildman–Crippen LogP) is 3.75. The quantitative estimate of drug-likeness (QED) is 0.866. The monoisotopic (exact) mass is 288 g/mol. The van der Waals surface area contributed by atoms with Gasteiger partial charge in [-0.1, -0.05) is 26.0 Å². The van der Waals surface area contributed by atoms with Crippen LogP contribution in [0.2, 0.25) is 0 Å². The fourth-order valence-electron chi connectivity index (χ4n) is 2.94. The number of nitrogens with one attached hydrogen (secondary N) is 2. The molecule has 3 nitrogen and oxygen atoms in total. The summed E-state index contributed by atoms with van der Waals surface area (Å²) in [5, 5.41) is 6.45. The lowest BCUT2D eigenvalue weighted by Gasteiger charge is -2.35. The molecular weight excluding hydrogens is 260 g/mol. The Balaban J connectivity index is 1.84. The summed E-state index contributed by atoms with van der Waals surface area (Å²) in [6, 6.07) is 8.87. The van der Waals surface area contributed by atoms with E-state index in [-0.39, 0.29) is 5.91 Å². The zero-order valence-corrected chi connectivity index (χ0v) is 13.5. The summed E-state index contributed by atoms with van der Waals surface area (Å²) in [6.07, 6.45) is 5.53. The second-order valence-corrected chi connectivity index (χ2v) is 6.91. The maximum atomic E-state index is 11.5. The Kier molecular flexibility index (Phi) is 5.27. The summed E-state index contributed by atoms with van der Waals surface area (Å²) in [5.41, 5.74) is 2.74. The lowest BCUT2D eigenvalue weighted by atomic mass is 9.75. The molecule has 1 aliphatic carbocycles. The van der Waals surface area contributed by atoms with Crippen LogP contribution in [0.25, 0.3) is 0 Å². The van der Waals surface area contributed by atoms with E-state index in [1.54, 1.807) is 0 Å². The van der Waals surface area contributed by atoms with Crippen molar-refractivity contribution in [1.29, 1.82) is 0 Å². The summed E-state index contributed by atoms with van der Waals surface area (Å²) in [5.74, 6) is 0.0905. The molecule has 0 heterocycles. The van der Waals surface area contributed by atoms with Crippen LogP contribution in [0.3, 0.4) is 0 Å². The Morgan fingerprint density at radius 1 is 1.19 bits per heavy atom. The van der Waals surface area contributed by atoms with Gasteiger partial charge < -0.3 is 10.6 Å². The van der Waals surface area contributed by atoms with Crippen molar-refractivity contribution in [3.05, 3.63) is 29.8 Å². The highest BCUT2D eigenvalue weighted by atomic mass is 16.1. The van der Waals surface area contributed by atoms with E-state index in [9.17, 15) is 4.79 Å². The molecular formula is C18H28N2O. The lowest BCUT2D eigenvalue weighted by Crippen LogP contribution is -2.29. The minimum Gasteiger partial charge on any atom is -0.382 e. The van der Waals surface area contributed by atoms with Crippen molar-refractivity contribution in [2.24, 2.45) is 5.41 Å². The number of hydrogen-bond acceptors (Lipinski definition) is 2. The molecule has 0 aromatic heterocycles. The van der Waals surface area contributed by atoms with Gasteiger partial charge in [0.2, 0.25) is 5.91 Å². The van der Waals surface area contributed by atoms with Gasteiger partial charge in [0.1, 0.15) is 0 Å². The summed E-state index contributed by atoms with van der Waals surface area (Å²) < 4.78 is 0. The van der Waals surface area contributed by atoms with E-state index in [1.165, 1.54) is 31.4 Å². The zero-order valence-electron chi connectivity index (χ0n) is 13.5. The summed E-state index contributed by atoms with van der Waals surface area (Å²) >= 11 is 0. The Labute approximate surface area is 128 Å². The SMILES string of the molecule is CCNC(=O)Cc1ccc(NC2CCC(C)(C)CC2)cc1. The van der Waals surface area contributed by atoms with E-state index in [1.807, 2.05) is 19.1 Å². The Bertz CT molecular complexity index is 455. The smallest absolute Gasteiger partial charge is 0.224 e. The fraction of sp³-hybridized carbons (Fsp3) is 0.611. The number of amides is 1. The number of carbonyl (C=O) groups excluding carboxylic acids is 1. The molecule has 2 N–H and O–H groups in total. The summed E-state index contributed by atoms with van der Waals surface area (Å²) in [7, 11) is 0. The molecule has 0 saturated heterocycles. The van der Waals surface area contributed by atoms with Gasteiger partial charge in [0, 0.05) is 18.3 Å². The number of hydrogen-bond donors (Lipinski definition) is 2. The number of benzene rings is 1. The molecule has 1 saturated carbocycles. The topological polar surface area (TPSA) is 41.1 Å². The van der Waals surface area contributed by atoms with Gasteiger partial charge in [-0.05, 0) is 55.7 Å². The highest BCUT2D eigenvalue weighted by Gasteiger charge is 2.26. The van der Waals surface area contributed by atoms with Crippen LogP contribution in [0.5, 0.6) is 0 Å². The second kappa shape index (κ2) is 6.97. The molecule has 0 bridgehead atoms. The molecule has 1 aromatic carbocycles. The second-order valence-electron chi connectivity index (χ2n) is 6.91. The van der Waals surface area contributed by atoms with Crippen molar-refractivity contribution in [2.45, 2.75) is 58.9 Å². The number of rotatable bonds is 5. The first-order valence-corrected chi connectivity index (χ1v) is 8.11. The van der Waals surface area contributed by atoms with Gasteiger partial charge in [-0.25, -0.2) is 0 Å². The third-order valence-corrected chi connectivity index (χ3v) is 4.40. The third kappa shape index (κ3) is 5.07. The van der Waals surface area contributed by atoms with Crippen molar-refractivity contribution >= 4 is 11.6 Å². The first kappa shape index (κ1) is 15.9. The van der Waals surface area contributed by atoms with Crippen LogP contribution in [0.15, 0.2) is 24.3 Å². The highest BCUT2D eigenvalue weighted by molar-refractivity contribution is 5.78. The molecule has 0 atom stereocenters. The molecule has 0 unspecified atom stereocenters. The Hall–Kier alpha value is -1.51. The molecule has 1 aliphatic rings. The number of likely N-dealkylation sites (N-methyl/N-ethyl adjacent to an activating group) is 1. The van der Waals surface area contributed by atoms with Crippen molar-refractivity contribution < 1.29 is 4.79 Å². The normalized spacial score (nSPS) is 18.2. The number of carbonyl (C=O) groups is 1. The van der Waals surface area contributed by atoms with Crippen LogP contribution < -0.4 is 10.6 Å². The van der Waals surface area contributed by atoms with E-state index < -0.39 is 0 Å². The molecule has 21 heavy (non-hydrogen) atoms. The molecule has 0 radical (unpaired) electrons. The van der Waals surface area contributed by atoms with Crippen LogP contribution in [0, 0.1) is 5.41 Å². The molecule has 2 rings (SSSR count). The summed E-state index contributed by atoms with van der Waals surface area (Å²) in [6.45, 7) is 7.35. The van der Waals surface area contributed by atoms with E-state index in [2.05, 4.69) is 36.6 Å². The van der Waals surface area contributed by atoms with E-state index in [0.29, 0.717) is 24.4 Å². The Morgan fingerprint density at radius 2 is 1.81 bits per heavy atom. The largest absolute Gasteiger partial charge is 0.382 e. The average molecular weight is 288 g/mol. The summed E-state index contributed by atoms with van der Waals surface area (Å²) in [4.78, 5) is 11.5. The van der Waals surface area contributed by atoms with Crippen LogP contribution in [-0.2, 0) is 11.2 Å². The molecule has 0 aliphatic heterocycles. The minimum atomic E-state index is 0.0905. The minimum absolute atomic E-state index is 0.0905. The molecule has 3 heteroatoms. The van der Waals surface area contributed by atoms with Gasteiger partial charge in [0.05, 0.1) is 6.42 Å². The van der Waals surface area contributed by atoms with E-state index in [0.717, 1.165) is 5.56 Å². The number of anilines is 1. The van der Waals surface area contributed by atoms with Crippen molar-refractivity contribution in [3.8, 4) is 0 Å². The van der Waals surface area contributed by atoms with Gasteiger partial charge in [0.25, 0.3) is 0 Å². The standard InChI is InChI=1S/C18H28N2O/c1-4-19-17(21)13-14-5-7-15(8-6-14)20-16-9-11-18(2,3)12-10-16/h5-8,16,20H,4,9-13H2,1-3H3,(H,19,21). The van der Waals surface area contributed by atoms with Crippen LogP contribution in [0.4, 0.5) is 5.69 Å². The fourth-order valence-corrected chi connectivity index (χ4v) is 2.94. The average Bonchev–Trinajstić information content (AvgIpc) is 2.43. The maximum Gasteiger partial charge on any atom is 0.224 e. The third-order valence-electron chi connectivity index (χ3n) is 4.40. The maximum absolute atomic E-state index is 11.5. The van der Waals surface area contributed by atoms with Crippen molar-refractivity contribution in [3.63, 3.8) is 0 Å². The van der Waals surface area contributed by atoms with Crippen LogP contribution >= 0.6 is 0 Å². The lowest BCUT2D eigenvalue weighted by molar-refractivity contribution is -0.120. The van der Waals surface area contributed by atoms with Crippen LogP contribution in [-0.4, -0.2) is 18.5 Å². The Morgan fingerprint density at radius 3 is 2.38 bits per heavy atom. The first-order chi connectivity index (χ1) is 9.98. The van der Waals surface area contributed by atoms with Gasteiger partial charge in [-0.2, -0.15) is 0 Å². The van der Waals surface area contributed by atoms with Gasteiger partial charge in [-0.3, -0.25) is 4.79 Å². The van der Waals surface area contributed by atoms with Crippen LogP contribution in [0.1, 0.15) is 52.0 Å². The van der Waals surface area contributed by atoms with Crippen molar-refractivity contribution in [2.75, 3.05) is 11.9 Å². The molecule has 0 spiro atoms. The van der Waals surface area contributed by atoms with Gasteiger partial charge in [0.15, 0.2) is 0 Å².